The van der Waals surface area contributed by atoms with Crippen molar-refractivity contribution in [1.82, 2.24) is 5.43 Å². The van der Waals surface area contributed by atoms with Gasteiger partial charge in [-0.3, -0.25) is 25.1 Å². The summed E-state index contributed by atoms with van der Waals surface area (Å²) >= 11 is 6.39. The fraction of sp³-hybridized carbons (Fsp3) is 0. The maximum Gasteiger partial charge on any atom is 0.284 e. The Labute approximate surface area is 158 Å². The van der Waals surface area contributed by atoms with Gasteiger partial charge >= 0.3 is 0 Å². The molecule has 1 fully saturated rings. The second-order valence-electron chi connectivity index (χ2n) is 5.08. The predicted molar refractivity (Wildman–Crippen MR) is 98.5 cm³/mol. The van der Waals surface area contributed by atoms with Gasteiger partial charge in [-0.2, -0.15) is 0 Å². The van der Waals surface area contributed by atoms with E-state index in [0.717, 1.165) is 9.48 Å². The van der Waals surface area contributed by atoms with Crippen LogP contribution in [0.3, 0.4) is 0 Å². The van der Waals surface area contributed by atoms with Crippen molar-refractivity contribution in [3.63, 3.8) is 0 Å². The molecule has 25 heavy (non-hydrogen) atoms. The molecule has 0 aliphatic carbocycles. The van der Waals surface area contributed by atoms with Crippen molar-refractivity contribution < 1.29 is 14.5 Å². The molecule has 1 aliphatic rings. The van der Waals surface area contributed by atoms with Crippen LogP contribution >= 0.6 is 31.9 Å². The van der Waals surface area contributed by atoms with E-state index in [1.807, 2.05) is 0 Å². The van der Waals surface area contributed by atoms with Crippen LogP contribution in [-0.2, 0) is 9.59 Å². The van der Waals surface area contributed by atoms with Crippen LogP contribution in [0.2, 0.25) is 0 Å². The van der Waals surface area contributed by atoms with Crippen molar-refractivity contribution in [2.24, 2.45) is 0 Å². The highest BCUT2D eigenvalue weighted by Gasteiger charge is 2.34. The minimum absolute atomic E-state index is 0.0976. The number of rotatable bonds is 3. The van der Waals surface area contributed by atoms with Crippen LogP contribution in [0.5, 0.6) is 0 Å². The highest BCUT2D eigenvalue weighted by atomic mass is 79.9. The first-order valence-electron chi connectivity index (χ1n) is 6.93. The number of hydrogen-bond acceptors (Lipinski definition) is 4. The number of nitrogens with zero attached hydrogens (tertiary/aromatic N) is 2. The number of carbonyl (C=O) groups excluding carboxylic acids is 2. The number of anilines is 1. The quantitative estimate of drug-likeness (QED) is 0.324. The highest BCUT2D eigenvalue weighted by molar-refractivity contribution is 9.10. The minimum atomic E-state index is -0.571. The van der Waals surface area contributed by atoms with Gasteiger partial charge in [0.05, 0.1) is 15.1 Å². The smallest absolute Gasteiger partial charge is 0.267 e. The molecule has 9 heteroatoms. The number of hydrogen-bond donors (Lipinski definition) is 1. The molecule has 1 saturated heterocycles. The molecule has 0 radical (unpaired) electrons. The topological polar surface area (TPSA) is 92.6 Å². The first-order chi connectivity index (χ1) is 11.9. The molecule has 1 N–H and O–H groups in total. The van der Waals surface area contributed by atoms with Gasteiger partial charge in [0.1, 0.15) is 5.57 Å². The fourth-order valence-corrected chi connectivity index (χ4v) is 2.91. The van der Waals surface area contributed by atoms with E-state index in [9.17, 15) is 19.7 Å². The van der Waals surface area contributed by atoms with Gasteiger partial charge in [0.2, 0.25) is 0 Å². The van der Waals surface area contributed by atoms with E-state index in [2.05, 4.69) is 37.3 Å². The third-order valence-electron chi connectivity index (χ3n) is 3.45. The Balaban J connectivity index is 1.95. The molecule has 0 atom stereocenters. The molecule has 7 nitrogen and oxygen atoms in total. The Morgan fingerprint density at radius 1 is 1.08 bits per heavy atom. The molecule has 126 valence electrons. The molecule has 2 aromatic carbocycles. The first-order valence-corrected chi connectivity index (χ1v) is 8.52. The Bertz CT molecular complexity index is 925. The number of amides is 2. The van der Waals surface area contributed by atoms with Crippen LogP contribution in [0.4, 0.5) is 11.4 Å². The largest absolute Gasteiger partial charge is 0.284 e. The van der Waals surface area contributed by atoms with Crippen LogP contribution in [0, 0.1) is 10.1 Å². The van der Waals surface area contributed by atoms with Gasteiger partial charge < -0.3 is 0 Å². The zero-order chi connectivity index (χ0) is 18.1. The lowest BCUT2D eigenvalue weighted by Crippen LogP contribution is -2.35. The summed E-state index contributed by atoms with van der Waals surface area (Å²) in [5.74, 6) is -1.10. The fourth-order valence-electron chi connectivity index (χ4n) is 2.26. The maximum atomic E-state index is 12.5. The van der Waals surface area contributed by atoms with Crippen LogP contribution in [-0.4, -0.2) is 16.7 Å². The zero-order valence-electron chi connectivity index (χ0n) is 12.4. The average Bonchev–Trinajstić information content (AvgIpc) is 2.85. The molecular weight excluding hydrogens is 458 g/mol. The zero-order valence-corrected chi connectivity index (χ0v) is 15.6. The van der Waals surface area contributed by atoms with E-state index < -0.39 is 16.7 Å². The molecule has 0 aromatic heterocycles. The molecule has 0 spiro atoms. The number of hydrazine groups is 1. The molecule has 0 bridgehead atoms. The molecule has 2 amide bonds. The van der Waals surface area contributed by atoms with Crippen LogP contribution in [0.25, 0.3) is 6.08 Å². The van der Waals surface area contributed by atoms with E-state index >= 15 is 0 Å². The van der Waals surface area contributed by atoms with Gasteiger partial charge in [0.15, 0.2) is 0 Å². The summed E-state index contributed by atoms with van der Waals surface area (Å²) in [6, 6.07) is 11.2. The van der Waals surface area contributed by atoms with Gasteiger partial charge in [0, 0.05) is 10.5 Å². The Morgan fingerprint density at radius 3 is 2.40 bits per heavy atom. The number of nitro benzene ring substituents is 1. The molecule has 0 unspecified atom stereocenters. The third-order valence-corrected chi connectivity index (χ3v) is 4.65. The van der Waals surface area contributed by atoms with Crippen molar-refractivity contribution in [2.75, 3.05) is 5.01 Å². The lowest BCUT2D eigenvalue weighted by atomic mass is 10.1. The normalized spacial score (nSPS) is 15.6. The number of nitro groups is 1. The summed E-state index contributed by atoms with van der Waals surface area (Å²) in [6.07, 6.45) is 1.33. The van der Waals surface area contributed by atoms with E-state index in [1.54, 1.807) is 30.3 Å². The molecule has 0 saturated carbocycles. The monoisotopic (exact) mass is 465 g/mol. The predicted octanol–water partition coefficient (Wildman–Crippen LogP) is 3.58. The second kappa shape index (κ2) is 6.77. The Morgan fingerprint density at radius 2 is 1.76 bits per heavy atom. The summed E-state index contributed by atoms with van der Waals surface area (Å²) in [5, 5.41) is 12.1. The summed E-state index contributed by atoms with van der Waals surface area (Å²) in [7, 11) is 0. The number of halogens is 2. The van der Waals surface area contributed by atoms with Gasteiger partial charge in [-0.05, 0) is 57.9 Å². The molecule has 3 rings (SSSR count). The van der Waals surface area contributed by atoms with Crippen LogP contribution < -0.4 is 10.4 Å². The van der Waals surface area contributed by atoms with Crippen molar-refractivity contribution >= 4 is 61.1 Å². The van der Waals surface area contributed by atoms with Gasteiger partial charge in [-0.15, -0.1) is 0 Å². The van der Waals surface area contributed by atoms with Crippen molar-refractivity contribution in [2.45, 2.75) is 0 Å². The molecule has 1 heterocycles. The van der Waals surface area contributed by atoms with Gasteiger partial charge in [-0.25, -0.2) is 5.01 Å². The Hall–Kier alpha value is -2.52. The van der Waals surface area contributed by atoms with E-state index in [-0.39, 0.29) is 11.3 Å². The number of benzene rings is 2. The van der Waals surface area contributed by atoms with Crippen molar-refractivity contribution in [3.8, 4) is 0 Å². The summed E-state index contributed by atoms with van der Waals surface area (Å²) < 4.78 is 1.16. The van der Waals surface area contributed by atoms with Crippen molar-refractivity contribution in [1.29, 1.82) is 0 Å². The summed E-state index contributed by atoms with van der Waals surface area (Å²) in [4.78, 5) is 35.1. The molecule has 2 aromatic rings. The summed E-state index contributed by atoms with van der Waals surface area (Å²) in [5.41, 5.74) is 3.12. The standard InChI is InChI=1S/C16H9Br2N3O4/c17-10-2-4-11(5-3-10)20-16(23)12(15(22)19-20)7-9-1-6-13(18)14(8-9)21(24)25/h1-8H,(H,19,22). The lowest BCUT2D eigenvalue weighted by Gasteiger charge is -2.14. The van der Waals surface area contributed by atoms with Gasteiger partial charge in [0.25, 0.3) is 17.5 Å². The molecular formula is C16H9Br2N3O4. The molecule has 1 aliphatic heterocycles. The van der Waals surface area contributed by atoms with E-state index in [1.165, 1.54) is 18.2 Å². The van der Waals surface area contributed by atoms with Crippen LogP contribution in [0.1, 0.15) is 5.56 Å². The number of carbonyl (C=O) groups is 2. The van der Waals surface area contributed by atoms with E-state index in [4.69, 9.17) is 0 Å². The SMILES string of the molecule is O=C1NN(c2ccc(Br)cc2)C(=O)C1=Cc1ccc(Br)c([N+](=O)[O-])c1. The summed E-state index contributed by atoms with van der Waals surface area (Å²) in [6.45, 7) is 0. The highest BCUT2D eigenvalue weighted by Crippen LogP contribution is 2.28. The Kier molecular flexibility index (Phi) is 4.69. The van der Waals surface area contributed by atoms with Crippen molar-refractivity contribution in [3.05, 3.63) is 72.7 Å². The third kappa shape index (κ3) is 3.47. The maximum absolute atomic E-state index is 12.5. The van der Waals surface area contributed by atoms with E-state index in [0.29, 0.717) is 15.7 Å². The van der Waals surface area contributed by atoms with Crippen LogP contribution in [0.15, 0.2) is 57.0 Å². The first kappa shape index (κ1) is 17.3. The minimum Gasteiger partial charge on any atom is -0.267 e. The second-order valence-corrected chi connectivity index (χ2v) is 6.85. The lowest BCUT2D eigenvalue weighted by molar-refractivity contribution is -0.385. The average molecular weight is 467 g/mol. The number of nitrogens with one attached hydrogen (secondary N) is 1. The van der Waals surface area contributed by atoms with Gasteiger partial charge in [-0.1, -0.05) is 22.0 Å².